The van der Waals surface area contributed by atoms with Gasteiger partial charge >= 0.3 is 29.8 Å². The van der Waals surface area contributed by atoms with Gasteiger partial charge in [0, 0.05) is 18.1 Å². The van der Waals surface area contributed by atoms with Crippen molar-refractivity contribution in [2.45, 2.75) is 145 Å². The minimum atomic E-state index is -0.454. The summed E-state index contributed by atoms with van der Waals surface area (Å²) in [5.41, 5.74) is 0.761. The van der Waals surface area contributed by atoms with Crippen LogP contribution in [0.15, 0.2) is 63.4 Å². The standard InChI is InChI=1S/C54H68N2O11S2/c1-6-46(57)62-28-8-10-30-64-51(59)41-22-16-38(17-23-41)37-14-12-36(13-15-37)35(4)66-48-34(3)32-45(49-50(48)69-54(68-49)44(33-55)56-5)67-53(61)43-26-20-40(21-27-43)39-18-24-42(25-19-39)52(60)65-31-11-9-29-63-47(58)7-2/h6-7,32,36-43H,1-2,4,8-31H2,3H3/b54-44+. The maximum atomic E-state index is 13.8. The summed E-state index contributed by atoms with van der Waals surface area (Å²) in [6.07, 6.45) is 19.4. The number of nitriles is 1. The monoisotopic (exact) mass is 984 g/mol. The average Bonchev–Trinajstić information content (AvgIpc) is 3.82. The molecule has 0 unspecified atom stereocenters. The van der Waals surface area contributed by atoms with E-state index in [9.17, 15) is 29.2 Å². The molecule has 5 aliphatic rings. The smallest absolute Gasteiger partial charge is 0.330 e. The highest BCUT2D eigenvalue weighted by Gasteiger charge is 2.38. The third-order valence-electron chi connectivity index (χ3n) is 14.9. The molecule has 4 fully saturated rings. The number of carbonyl (C=O) groups excluding carboxylic acids is 5. The molecule has 1 aliphatic heterocycles. The average molecular weight is 985 g/mol. The van der Waals surface area contributed by atoms with Crippen molar-refractivity contribution in [3.05, 3.63) is 70.6 Å². The molecule has 1 aromatic carbocycles. The van der Waals surface area contributed by atoms with Crippen LogP contribution in [0.2, 0.25) is 0 Å². The summed E-state index contributed by atoms with van der Waals surface area (Å²) in [7, 11) is 0. The van der Waals surface area contributed by atoms with Crippen LogP contribution < -0.4 is 9.47 Å². The van der Waals surface area contributed by atoms with Gasteiger partial charge in [0.05, 0.1) is 70.9 Å². The number of aryl methyl sites for hydroxylation is 1. The van der Waals surface area contributed by atoms with Crippen molar-refractivity contribution in [2.75, 3.05) is 26.4 Å². The fraction of sp³-hybridized carbons (Fsp3) is 0.611. The predicted octanol–water partition coefficient (Wildman–Crippen LogP) is 11.9. The first-order valence-corrected chi connectivity index (χ1v) is 26.6. The van der Waals surface area contributed by atoms with Crippen LogP contribution in [-0.4, -0.2) is 56.3 Å². The Morgan fingerprint density at radius 1 is 0.623 bits per heavy atom. The molecule has 0 bridgehead atoms. The number of esters is 5. The zero-order valence-corrected chi connectivity index (χ0v) is 41.8. The molecule has 1 heterocycles. The maximum absolute atomic E-state index is 13.8. The van der Waals surface area contributed by atoms with Crippen molar-refractivity contribution in [1.82, 2.24) is 0 Å². The zero-order valence-electron chi connectivity index (χ0n) is 40.1. The van der Waals surface area contributed by atoms with E-state index in [4.69, 9.17) is 35.0 Å². The van der Waals surface area contributed by atoms with Gasteiger partial charge in [-0.3, -0.25) is 14.4 Å². The first-order valence-electron chi connectivity index (χ1n) is 25.0. The number of carbonyl (C=O) groups is 5. The summed E-state index contributed by atoms with van der Waals surface area (Å²) >= 11 is 2.58. The largest absolute Gasteiger partial charge is 0.465 e. The molecule has 1 aromatic rings. The molecular formula is C54H68N2O11S2. The number of thioether (sulfide) groups is 2. The summed E-state index contributed by atoms with van der Waals surface area (Å²) < 4.78 is 34.4. The fourth-order valence-corrected chi connectivity index (χ4v) is 13.3. The normalized spacial score (nSPS) is 26.1. The van der Waals surface area contributed by atoms with Crippen LogP contribution in [0.25, 0.3) is 4.85 Å². The Morgan fingerprint density at radius 3 is 1.42 bits per heavy atom. The predicted molar refractivity (Wildman–Crippen MR) is 262 cm³/mol. The Balaban J connectivity index is 0.953. The third kappa shape index (κ3) is 15.0. The Bertz CT molecular complexity index is 2140. The molecule has 0 atom stereocenters. The molecule has 0 aromatic heterocycles. The lowest BCUT2D eigenvalue weighted by Gasteiger charge is -2.37. The lowest BCUT2D eigenvalue weighted by atomic mass is 9.69. The molecule has 372 valence electrons. The van der Waals surface area contributed by atoms with E-state index in [2.05, 4.69) is 24.6 Å². The summed E-state index contributed by atoms with van der Waals surface area (Å²) in [6.45, 7) is 21.9. The summed E-state index contributed by atoms with van der Waals surface area (Å²) in [5, 5.41) is 9.80. The van der Waals surface area contributed by atoms with Gasteiger partial charge in [0.2, 0.25) is 0 Å². The van der Waals surface area contributed by atoms with Crippen LogP contribution in [0.1, 0.15) is 134 Å². The second-order valence-electron chi connectivity index (χ2n) is 19.2. The van der Waals surface area contributed by atoms with Gasteiger partial charge in [0.15, 0.2) is 0 Å². The van der Waals surface area contributed by atoms with Gasteiger partial charge in [-0.2, -0.15) is 0 Å². The van der Waals surface area contributed by atoms with Gasteiger partial charge in [-0.1, -0.05) is 43.3 Å². The van der Waals surface area contributed by atoms with E-state index in [1.165, 1.54) is 23.5 Å². The minimum Gasteiger partial charge on any atom is -0.465 e. The van der Waals surface area contributed by atoms with E-state index < -0.39 is 11.9 Å². The number of benzene rings is 1. The Kier molecular flexibility index (Phi) is 20.8. The number of hydrogen-bond donors (Lipinski definition) is 0. The van der Waals surface area contributed by atoms with Crippen LogP contribution in [0.4, 0.5) is 0 Å². The molecule has 0 saturated heterocycles. The van der Waals surface area contributed by atoms with Crippen LogP contribution in [0.5, 0.6) is 11.5 Å². The van der Waals surface area contributed by atoms with Gasteiger partial charge in [-0.15, -0.1) is 0 Å². The van der Waals surface area contributed by atoms with Gasteiger partial charge in [-0.05, 0) is 171 Å². The van der Waals surface area contributed by atoms with Crippen LogP contribution in [0.3, 0.4) is 0 Å². The van der Waals surface area contributed by atoms with E-state index >= 15 is 0 Å². The summed E-state index contributed by atoms with van der Waals surface area (Å²) in [4.78, 5) is 66.5. The van der Waals surface area contributed by atoms with Crippen molar-refractivity contribution in [3.8, 4) is 17.6 Å². The quantitative estimate of drug-likeness (QED) is 0.0167. The number of nitrogens with zero attached hydrogens (tertiary/aromatic N) is 2. The molecular weight excluding hydrogens is 917 g/mol. The molecule has 0 radical (unpaired) electrons. The molecule has 4 saturated carbocycles. The van der Waals surface area contributed by atoms with Gasteiger partial charge in [0.25, 0.3) is 5.70 Å². The minimum absolute atomic E-state index is 0.0178. The number of unbranched alkanes of at least 4 members (excludes halogenated alkanes) is 2. The maximum Gasteiger partial charge on any atom is 0.330 e. The van der Waals surface area contributed by atoms with E-state index in [1.807, 2.05) is 19.1 Å². The molecule has 13 nitrogen and oxygen atoms in total. The van der Waals surface area contributed by atoms with E-state index in [-0.39, 0.29) is 60.5 Å². The molecule has 0 N–H and O–H groups in total. The fourth-order valence-electron chi connectivity index (χ4n) is 10.8. The first-order chi connectivity index (χ1) is 33.4. The van der Waals surface area contributed by atoms with Crippen LogP contribution in [0, 0.1) is 72.2 Å². The Morgan fingerprint density at radius 2 is 1.01 bits per heavy atom. The van der Waals surface area contributed by atoms with E-state index in [0.717, 1.165) is 125 Å². The lowest BCUT2D eigenvalue weighted by Crippen LogP contribution is -2.31. The second kappa shape index (κ2) is 26.8. The topological polar surface area (TPSA) is 169 Å². The SMILES string of the molecule is [C-]#[N+]/C(C#N)=C1\Sc2c(OC(=O)C3CCC(C4CCC(C(=O)OCCCCOC(=O)C=C)CC4)CC3)cc(C)c(OC(=C)C3CCC(C4CCC(C(=O)OCCCCOC(=O)C=C)CC4)CC3)c2S1. The number of fused-ring (bicyclic) bond motifs is 1. The van der Waals surface area contributed by atoms with Crippen molar-refractivity contribution in [1.29, 1.82) is 5.26 Å². The van der Waals surface area contributed by atoms with Crippen LogP contribution in [-0.2, 0) is 42.9 Å². The summed E-state index contributed by atoms with van der Waals surface area (Å²) in [5.74, 6) is 2.22. The third-order valence-corrected chi connectivity index (χ3v) is 17.4. The molecule has 15 heteroatoms. The number of rotatable bonds is 21. The van der Waals surface area contributed by atoms with Crippen molar-refractivity contribution < 1.29 is 52.4 Å². The van der Waals surface area contributed by atoms with E-state index in [0.29, 0.717) is 89.0 Å². The highest BCUT2D eigenvalue weighted by Crippen LogP contribution is 2.60. The molecule has 69 heavy (non-hydrogen) atoms. The molecule has 4 aliphatic carbocycles. The molecule has 0 amide bonds. The lowest BCUT2D eigenvalue weighted by molar-refractivity contribution is -0.151. The van der Waals surface area contributed by atoms with Crippen molar-refractivity contribution in [2.24, 2.45) is 47.3 Å². The van der Waals surface area contributed by atoms with Crippen molar-refractivity contribution in [3.63, 3.8) is 0 Å². The van der Waals surface area contributed by atoms with Gasteiger partial charge in [-0.25, -0.2) is 19.7 Å². The van der Waals surface area contributed by atoms with Crippen molar-refractivity contribution >= 4 is 53.4 Å². The van der Waals surface area contributed by atoms with E-state index in [1.54, 1.807) is 0 Å². The zero-order chi connectivity index (χ0) is 49.3. The number of allylic oxidation sites excluding steroid dienone is 2. The number of ether oxygens (including phenoxy) is 6. The highest BCUT2D eigenvalue weighted by atomic mass is 32.2. The second-order valence-corrected chi connectivity index (χ2v) is 21.5. The Hall–Kier alpha value is -4.99. The Labute approximate surface area is 416 Å². The first kappa shape index (κ1) is 53.4. The van der Waals surface area contributed by atoms with Gasteiger partial charge < -0.3 is 28.4 Å². The van der Waals surface area contributed by atoms with Crippen LogP contribution >= 0.6 is 23.5 Å². The highest BCUT2D eigenvalue weighted by molar-refractivity contribution is 8.24. The summed E-state index contributed by atoms with van der Waals surface area (Å²) in [6, 6.07) is 3.86. The molecule has 6 rings (SSSR count). The number of hydrogen-bond acceptors (Lipinski definition) is 14. The van der Waals surface area contributed by atoms with Gasteiger partial charge in [0.1, 0.15) is 17.3 Å². The molecule has 0 spiro atoms.